The molecule has 2 rings (SSSR count). The summed E-state index contributed by atoms with van der Waals surface area (Å²) in [7, 11) is 0. The molecule has 2 unspecified atom stereocenters. The fourth-order valence-electron chi connectivity index (χ4n) is 2.65. The minimum Gasteiger partial charge on any atom is -0.335 e. The molecule has 1 heterocycles. The molecular formula is C16H21FN2O. The predicted octanol–water partition coefficient (Wildman–Crippen LogP) is 2.57. The van der Waals surface area contributed by atoms with E-state index in [1.54, 1.807) is 18.2 Å². The van der Waals surface area contributed by atoms with E-state index in [-0.39, 0.29) is 23.8 Å². The Morgan fingerprint density at radius 1 is 1.50 bits per heavy atom. The van der Waals surface area contributed by atoms with Crippen LogP contribution < -0.4 is 5.73 Å². The summed E-state index contributed by atoms with van der Waals surface area (Å²) >= 11 is 0. The van der Waals surface area contributed by atoms with E-state index in [0.717, 1.165) is 25.8 Å². The average Bonchev–Trinajstić information content (AvgIpc) is 2.45. The lowest BCUT2D eigenvalue weighted by Gasteiger charge is -2.37. The van der Waals surface area contributed by atoms with Crippen LogP contribution in [-0.4, -0.2) is 29.4 Å². The van der Waals surface area contributed by atoms with Crippen LogP contribution >= 0.6 is 0 Å². The summed E-state index contributed by atoms with van der Waals surface area (Å²) < 4.78 is 13.1. The lowest BCUT2D eigenvalue weighted by molar-refractivity contribution is -0.129. The SMILES string of the molecule is CC(N)C1CCCCN1C(=O)/C=C/c1cccc(F)c1. The third-order valence-corrected chi connectivity index (χ3v) is 3.71. The van der Waals surface area contributed by atoms with Crippen LogP contribution in [0.3, 0.4) is 0 Å². The Balaban J connectivity index is 2.06. The van der Waals surface area contributed by atoms with Crippen molar-refractivity contribution in [1.82, 2.24) is 4.90 Å². The van der Waals surface area contributed by atoms with Crippen LogP contribution in [-0.2, 0) is 4.79 Å². The van der Waals surface area contributed by atoms with Crippen LogP contribution in [0.25, 0.3) is 6.08 Å². The van der Waals surface area contributed by atoms with Gasteiger partial charge in [-0.2, -0.15) is 0 Å². The van der Waals surface area contributed by atoms with Crippen LogP contribution in [0.15, 0.2) is 30.3 Å². The summed E-state index contributed by atoms with van der Waals surface area (Å²) in [6, 6.07) is 6.27. The zero-order valence-electron chi connectivity index (χ0n) is 11.8. The number of benzene rings is 1. The zero-order valence-corrected chi connectivity index (χ0v) is 11.8. The first-order valence-electron chi connectivity index (χ1n) is 7.08. The van der Waals surface area contributed by atoms with Crippen molar-refractivity contribution in [2.75, 3.05) is 6.54 Å². The molecule has 3 nitrogen and oxygen atoms in total. The Morgan fingerprint density at radius 2 is 2.30 bits per heavy atom. The number of hydrogen-bond donors (Lipinski definition) is 1. The monoisotopic (exact) mass is 276 g/mol. The molecule has 1 saturated heterocycles. The lowest BCUT2D eigenvalue weighted by atomic mass is 9.97. The molecular weight excluding hydrogens is 255 g/mol. The minimum atomic E-state index is -0.300. The Hall–Kier alpha value is -1.68. The molecule has 1 aliphatic rings. The van der Waals surface area contributed by atoms with E-state index in [1.807, 2.05) is 11.8 Å². The number of halogens is 1. The maximum Gasteiger partial charge on any atom is 0.246 e. The molecule has 0 aromatic heterocycles. The maximum atomic E-state index is 13.1. The summed E-state index contributed by atoms with van der Waals surface area (Å²) in [6.07, 6.45) is 6.25. The Kier molecular flexibility index (Phi) is 4.90. The van der Waals surface area contributed by atoms with Gasteiger partial charge in [0.05, 0.1) is 0 Å². The third-order valence-electron chi connectivity index (χ3n) is 3.71. The van der Waals surface area contributed by atoms with Crippen LogP contribution in [0.4, 0.5) is 4.39 Å². The van der Waals surface area contributed by atoms with Crippen molar-refractivity contribution in [3.8, 4) is 0 Å². The molecule has 2 N–H and O–H groups in total. The second kappa shape index (κ2) is 6.66. The maximum absolute atomic E-state index is 13.1. The molecule has 0 aliphatic carbocycles. The summed E-state index contributed by atoms with van der Waals surface area (Å²) in [4.78, 5) is 14.1. The number of nitrogens with two attached hydrogens (primary N) is 1. The topological polar surface area (TPSA) is 46.3 Å². The summed E-state index contributed by atoms with van der Waals surface area (Å²) in [5.41, 5.74) is 6.64. The average molecular weight is 276 g/mol. The highest BCUT2D eigenvalue weighted by Gasteiger charge is 2.27. The molecule has 0 spiro atoms. The van der Waals surface area contributed by atoms with Gasteiger partial charge in [-0.1, -0.05) is 12.1 Å². The fourth-order valence-corrected chi connectivity index (χ4v) is 2.65. The first kappa shape index (κ1) is 14.7. The van der Waals surface area contributed by atoms with Crippen molar-refractivity contribution >= 4 is 12.0 Å². The van der Waals surface area contributed by atoms with Crippen molar-refractivity contribution in [2.24, 2.45) is 5.73 Å². The van der Waals surface area contributed by atoms with Crippen LogP contribution in [0.5, 0.6) is 0 Å². The molecule has 0 radical (unpaired) electrons. The molecule has 0 bridgehead atoms. The number of piperidine rings is 1. The van der Waals surface area contributed by atoms with Crippen molar-refractivity contribution in [1.29, 1.82) is 0 Å². The fraction of sp³-hybridized carbons (Fsp3) is 0.438. The smallest absolute Gasteiger partial charge is 0.246 e. The number of carbonyl (C=O) groups is 1. The molecule has 1 aromatic carbocycles. The molecule has 1 aromatic rings. The lowest BCUT2D eigenvalue weighted by Crippen LogP contribution is -2.51. The van der Waals surface area contributed by atoms with E-state index < -0.39 is 0 Å². The van der Waals surface area contributed by atoms with Gasteiger partial charge in [-0.05, 0) is 50.0 Å². The van der Waals surface area contributed by atoms with Gasteiger partial charge in [0.2, 0.25) is 5.91 Å². The molecule has 1 aliphatic heterocycles. The van der Waals surface area contributed by atoms with Crippen molar-refractivity contribution in [3.63, 3.8) is 0 Å². The van der Waals surface area contributed by atoms with E-state index in [9.17, 15) is 9.18 Å². The molecule has 4 heteroatoms. The highest BCUT2D eigenvalue weighted by molar-refractivity contribution is 5.92. The van der Waals surface area contributed by atoms with E-state index in [1.165, 1.54) is 18.2 Å². The molecule has 108 valence electrons. The van der Waals surface area contributed by atoms with Gasteiger partial charge in [0.15, 0.2) is 0 Å². The van der Waals surface area contributed by atoms with Gasteiger partial charge in [-0.25, -0.2) is 4.39 Å². The quantitative estimate of drug-likeness (QED) is 0.862. The van der Waals surface area contributed by atoms with E-state index >= 15 is 0 Å². The molecule has 2 atom stereocenters. The Labute approximate surface area is 119 Å². The minimum absolute atomic E-state index is 0.0261. The first-order valence-corrected chi connectivity index (χ1v) is 7.08. The number of rotatable bonds is 3. The number of carbonyl (C=O) groups excluding carboxylic acids is 1. The standard InChI is InChI=1S/C16H21FN2O/c1-12(18)15-7-2-3-10-19(15)16(20)9-8-13-5-4-6-14(17)11-13/h4-6,8-9,11-12,15H,2-3,7,10,18H2,1H3/b9-8+. The molecule has 20 heavy (non-hydrogen) atoms. The molecule has 0 saturated carbocycles. The Bertz CT molecular complexity index is 499. The second-order valence-corrected chi connectivity index (χ2v) is 5.34. The van der Waals surface area contributed by atoms with Crippen molar-refractivity contribution < 1.29 is 9.18 Å². The van der Waals surface area contributed by atoms with Gasteiger partial charge >= 0.3 is 0 Å². The summed E-state index contributed by atoms with van der Waals surface area (Å²) in [6.45, 7) is 2.69. The van der Waals surface area contributed by atoms with Gasteiger partial charge < -0.3 is 10.6 Å². The van der Waals surface area contributed by atoms with Crippen LogP contribution in [0.1, 0.15) is 31.7 Å². The van der Waals surface area contributed by atoms with Gasteiger partial charge in [0, 0.05) is 24.7 Å². The van der Waals surface area contributed by atoms with Crippen molar-refractivity contribution in [3.05, 3.63) is 41.7 Å². The van der Waals surface area contributed by atoms with Gasteiger partial charge in [0.1, 0.15) is 5.82 Å². The van der Waals surface area contributed by atoms with Gasteiger partial charge in [-0.15, -0.1) is 0 Å². The van der Waals surface area contributed by atoms with E-state index in [0.29, 0.717) is 5.56 Å². The summed E-state index contributed by atoms with van der Waals surface area (Å²) in [5, 5.41) is 0. The molecule has 1 amide bonds. The first-order chi connectivity index (χ1) is 9.58. The predicted molar refractivity (Wildman–Crippen MR) is 78.4 cm³/mol. The van der Waals surface area contributed by atoms with E-state index in [2.05, 4.69) is 0 Å². The van der Waals surface area contributed by atoms with Crippen molar-refractivity contribution in [2.45, 2.75) is 38.3 Å². The highest BCUT2D eigenvalue weighted by atomic mass is 19.1. The van der Waals surface area contributed by atoms with Gasteiger partial charge in [-0.3, -0.25) is 4.79 Å². The van der Waals surface area contributed by atoms with Gasteiger partial charge in [0.25, 0.3) is 0 Å². The normalized spacial score (nSPS) is 21.1. The number of hydrogen-bond acceptors (Lipinski definition) is 2. The number of nitrogens with zero attached hydrogens (tertiary/aromatic N) is 1. The Morgan fingerprint density at radius 3 is 3.00 bits per heavy atom. The van der Waals surface area contributed by atoms with E-state index in [4.69, 9.17) is 5.73 Å². The number of likely N-dealkylation sites (tertiary alicyclic amines) is 1. The van der Waals surface area contributed by atoms with Crippen LogP contribution in [0.2, 0.25) is 0 Å². The zero-order chi connectivity index (χ0) is 14.5. The summed E-state index contributed by atoms with van der Waals surface area (Å²) in [5.74, 6) is -0.345. The third kappa shape index (κ3) is 3.67. The van der Waals surface area contributed by atoms with Crippen LogP contribution in [0, 0.1) is 5.82 Å². The highest BCUT2D eigenvalue weighted by Crippen LogP contribution is 2.19. The number of amides is 1. The largest absolute Gasteiger partial charge is 0.335 e. The second-order valence-electron chi connectivity index (χ2n) is 5.34. The molecule has 1 fully saturated rings.